The van der Waals surface area contributed by atoms with E-state index in [1.54, 1.807) is 0 Å². The van der Waals surface area contributed by atoms with Gasteiger partial charge in [0.15, 0.2) is 0 Å². The highest BCUT2D eigenvalue weighted by Gasteiger charge is 2.61. The predicted octanol–water partition coefficient (Wildman–Crippen LogP) is 3.39. The average Bonchev–Trinajstić information content (AvgIpc) is 2.81. The van der Waals surface area contributed by atoms with Crippen molar-refractivity contribution >= 4 is 0 Å². The minimum absolute atomic E-state index is 0.342. The Hall–Kier alpha value is -0.300. The lowest BCUT2D eigenvalue weighted by atomic mass is 9.56. The Labute approximate surface area is 98.9 Å². The number of hydrogen-bond acceptors (Lipinski definition) is 1. The van der Waals surface area contributed by atoms with Crippen molar-refractivity contribution in [2.45, 2.75) is 46.0 Å². The van der Waals surface area contributed by atoms with E-state index in [9.17, 15) is 5.11 Å². The number of aliphatic hydroxyl groups is 1. The molecule has 0 aliphatic heterocycles. The molecule has 16 heavy (non-hydrogen) atoms. The molecule has 2 bridgehead atoms. The third-order valence-corrected chi connectivity index (χ3v) is 6.38. The van der Waals surface area contributed by atoms with Crippen molar-refractivity contribution in [1.82, 2.24) is 0 Å². The van der Waals surface area contributed by atoms with Gasteiger partial charge in [0.2, 0.25) is 0 Å². The summed E-state index contributed by atoms with van der Waals surface area (Å²) in [5.74, 6) is 2.09. The smallest absolute Gasteiger partial charge is 0.0464 e. The second kappa shape index (κ2) is 3.13. The molecule has 1 unspecified atom stereocenters. The molecule has 0 radical (unpaired) electrons. The lowest BCUT2D eigenvalue weighted by molar-refractivity contribution is 0.0515. The van der Waals surface area contributed by atoms with Gasteiger partial charge in [0.25, 0.3) is 0 Å². The molecule has 0 heterocycles. The van der Waals surface area contributed by atoms with E-state index < -0.39 is 0 Å². The number of fused-ring (bicyclic) bond motifs is 1. The second-order valence-corrected chi connectivity index (χ2v) is 6.93. The van der Waals surface area contributed by atoms with Crippen molar-refractivity contribution in [3.05, 3.63) is 12.2 Å². The Bertz CT molecular complexity index is 330. The fourth-order valence-corrected chi connectivity index (χ4v) is 5.14. The molecule has 0 aromatic rings. The van der Waals surface area contributed by atoms with E-state index in [1.165, 1.54) is 37.7 Å². The number of aliphatic hydroxyl groups excluding tert-OH is 1. The topological polar surface area (TPSA) is 20.2 Å². The fraction of sp³-hybridized carbons (Fsp3) is 0.867. The molecule has 1 nitrogen and oxygen atoms in total. The van der Waals surface area contributed by atoms with Gasteiger partial charge < -0.3 is 5.11 Å². The summed E-state index contributed by atoms with van der Waals surface area (Å²) in [6.45, 7) is 9.61. The van der Waals surface area contributed by atoms with Gasteiger partial charge in [-0.05, 0) is 60.7 Å². The first-order chi connectivity index (χ1) is 7.52. The summed E-state index contributed by atoms with van der Waals surface area (Å²) in [7, 11) is 0. The van der Waals surface area contributed by atoms with Crippen LogP contribution in [0.4, 0.5) is 0 Å². The van der Waals surface area contributed by atoms with Gasteiger partial charge in [0.05, 0.1) is 0 Å². The molecule has 0 amide bonds. The van der Waals surface area contributed by atoms with Crippen LogP contribution in [0.2, 0.25) is 0 Å². The standard InChI is InChI=1S/C15H24O/c1-10-13-5-4-12(9-16)15(13)7-6-11(8-15)14(10,2)3/h11-13,16H,1,4-9H2,2-3H3/t11?,12-,13-,15+/m1/s1. The highest BCUT2D eigenvalue weighted by molar-refractivity contribution is 5.27. The molecule has 4 atom stereocenters. The number of allylic oxidation sites excluding steroid dienone is 1. The van der Waals surface area contributed by atoms with Crippen LogP contribution in [-0.4, -0.2) is 11.7 Å². The molecular formula is C15H24O. The quantitative estimate of drug-likeness (QED) is 0.672. The van der Waals surface area contributed by atoms with Crippen molar-refractivity contribution < 1.29 is 5.11 Å². The van der Waals surface area contributed by atoms with E-state index in [0.717, 1.165) is 5.92 Å². The van der Waals surface area contributed by atoms with Gasteiger partial charge in [-0.2, -0.15) is 0 Å². The lowest BCUT2D eigenvalue weighted by Crippen LogP contribution is -2.41. The maximum Gasteiger partial charge on any atom is 0.0464 e. The summed E-state index contributed by atoms with van der Waals surface area (Å²) in [5, 5.41) is 9.61. The van der Waals surface area contributed by atoms with Crippen LogP contribution in [0, 0.1) is 28.6 Å². The van der Waals surface area contributed by atoms with Crippen LogP contribution in [0.3, 0.4) is 0 Å². The molecule has 3 rings (SSSR count). The van der Waals surface area contributed by atoms with Gasteiger partial charge in [-0.25, -0.2) is 0 Å². The van der Waals surface area contributed by atoms with Gasteiger partial charge in [-0.15, -0.1) is 0 Å². The predicted molar refractivity (Wildman–Crippen MR) is 66.0 cm³/mol. The van der Waals surface area contributed by atoms with Crippen molar-refractivity contribution in [1.29, 1.82) is 0 Å². The molecule has 0 aromatic carbocycles. The normalized spacial score (nSPS) is 49.4. The Kier molecular flexibility index (Phi) is 2.12. The van der Waals surface area contributed by atoms with E-state index in [4.69, 9.17) is 0 Å². The van der Waals surface area contributed by atoms with Gasteiger partial charge in [-0.1, -0.05) is 26.0 Å². The summed E-state index contributed by atoms with van der Waals surface area (Å²) in [5.41, 5.74) is 2.29. The Morgan fingerprint density at radius 2 is 2.06 bits per heavy atom. The third kappa shape index (κ3) is 1.06. The van der Waals surface area contributed by atoms with Crippen LogP contribution < -0.4 is 0 Å². The zero-order valence-electron chi connectivity index (χ0n) is 10.6. The Morgan fingerprint density at radius 3 is 2.75 bits per heavy atom. The van der Waals surface area contributed by atoms with Crippen molar-refractivity contribution in [3.8, 4) is 0 Å². The molecule has 0 saturated heterocycles. The van der Waals surface area contributed by atoms with Crippen molar-refractivity contribution in [3.63, 3.8) is 0 Å². The molecule has 3 fully saturated rings. The molecule has 1 N–H and O–H groups in total. The van der Waals surface area contributed by atoms with Gasteiger partial charge >= 0.3 is 0 Å². The van der Waals surface area contributed by atoms with Gasteiger partial charge in [-0.3, -0.25) is 0 Å². The summed E-state index contributed by atoms with van der Waals surface area (Å²) in [6.07, 6.45) is 6.56. The maximum atomic E-state index is 9.61. The van der Waals surface area contributed by atoms with Crippen molar-refractivity contribution in [2.24, 2.45) is 28.6 Å². The van der Waals surface area contributed by atoms with Crippen LogP contribution >= 0.6 is 0 Å². The first-order valence-corrected chi connectivity index (χ1v) is 6.82. The highest BCUT2D eigenvalue weighted by atomic mass is 16.3. The monoisotopic (exact) mass is 220 g/mol. The molecule has 3 aliphatic carbocycles. The van der Waals surface area contributed by atoms with E-state index in [2.05, 4.69) is 20.4 Å². The van der Waals surface area contributed by atoms with E-state index in [0.29, 0.717) is 29.3 Å². The third-order valence-electron chi connectivity index (χ3n) is 6.38. The van der Waals surface area contributed by atoms with E-state index >= 15 is 0 Å². The first kappa shape index (κ1) is 10.8. The van der Waals surface area contributed by atoms with Crippen LogP contribution in [0.15, 0.2) is 12.2 Å². The van der Waals surface area contributed by atoms with Crippen LogP contribution in [0.25, 0.3) is 0 Å². The van der Waals surface area contributed by atoms with Crippen molar-refractivity contribution in [2.75, 3.05) is 6.61 Å². The zero-order valence-corrected chi connectivity index (χ0v) is 10.6. The van der Waals surface area contributed by atoms with Gasteiger partial charge in [0, 0.05) is 6.61 Å². The molecule has 1 heteroatoms. The maximum absolute atomic E-state index is 9.61. The Balaban J connectivity index is 2.03. The second-order valence-electron chi connectivity index (χ2n) is 6.93. The summed E-state index contributed by atoms with van der Waals surface area (Å²) in [4.78, 5) is 0. The number of rotatable bonds is 1. The van der Waals surface area contributed by atoms with Crippen LogP contribution in [0.5, 0.6) is 0 Å². The van der Waals surface area contributed by atoms with Crippen LogP contribution in [-0.2, 0) is 0 Å². The summed E-state index contributed by atoms with van der Waals surface area (Å²) >= 11 is 0. The molecule has 1 spiro atoms. The van der Waals surface area contributed by atoms with Gasteiger partial charge in [0.1, 0.15) is 0 Å². The average molecular weight is 220 g/mol. The summed E-state index contributed by atoms with van der Waals surface area (Å²) < 4.78 is 0. The molecule has 3 saturated carbocycles. The zero-order chi connectivity index (χ0) is 11.6. The fourth-order valence-electron chi connectivity index (χ4n) is 5.14. The number of hydrogen-bond donors (Lipinski definition) is 1. The minimum Gasteiger partial charge on any atom is -0.396 e. The van der Waals surface area contributed by atoms with E-state index in [1.807, 2.05) is 0 Å². The molecule has 0 aromatic heterocycles. The SMILES string of the molecule is C=C1[C@H]2CC[C@H](CO)[C@@]23CCC(C3)C1(C)C. The highest BCUT2D eigenvalue weighted by Crippen LogP contribution is 2.69. The lowest BCUT2D eigenvalue weighted by Gasteiger charge is -2.49. The van der Waals surface area contributed by atoms with E-state index in [-0.39, 0.29) is 0 Å². The first-order valence-electron chi connectivity index (χ1n) is 6.82. The molecule has 90 valence electrons. The van der Waals surface area contributed by atoms with Crippen LogP contribution in [0.1, 0.15) is 46.0 Å². The Morgan fingerprint density at radius 1 is 1.31 bits per heavy atom. The minimum atomic E-state index is 0.342. The summed E-state index contributed by atoms with van der Waals surface area (Å²) in [6, 6.07) is 0. The molecule has 3 aliphatic rings. The largest absolute Gasteiger partial charge is 0.396 e. The molecular weight excluding hydrogens is 196 g/mol.